The van der Waals surface area contributed by atoms with Crippen LogP contribution in [-0.2, 0) is 4.74 Å². The summed E-state index contributed by atoms with van der Waals surface area (Å²) in [7, 11) is 2.13. The number of likely N-dealkylation sites (N-methyl/N-ethyl adjacent to an activating group) is 1. The van der Waals surface area contributed by atoms with Crippen LogP contribution in [-0.4, -0.2) is 44.5 Å². The van der Waals surface area contributed by atoms with Gasteiger partial charge in [-0.1, -0.05) is 12.1 Å². The average molecular weight is 294 g/mol. The summed E-state index contributed by atoms with van der Waals surface area (Å²) < 4.78 is 5.71. The van der Waals surface area contributed by atoms with Crippen LogP contribution in [0.15, 0.2) is 29.2 Å². The Labute approximate surface area is 126 Å². The molecule has 1 aromatic carbocycles. The molecule has 1 unspecified atom stereocenters. The third kappa shape index (κ3) is 4.77. The van der Waals surface area contributed by atoms with Gasteiger partial charge in [0.25, 0.3) is 0 Å². The number of nitrogens with zero attached hydrogens (tertiary/aromatic N) is 1. The van der Waals surface area contributed by atoms with E-state index in [-0.39, 0.29) is 6.04 Å². The number of rotatable bonds is 9. The van der Waals surface area contributed by atoms with E-state index in [1.54, 1.807) is 11.8 Å². The van der Waals surface area contributed by atoms with Crippen LogP contribution >= 0.6 is 11.8 Å². The number of hydrogen-bond donors (Lipinski definition) is 1. The van der Waals surface area contributed by atoms with Crippen molar-refractivity contribution in [3.8, 4) is 0 Å². The highest BCUT2D eigenvalue weighted by molar-refractivity contribution is 7.98. The Morgan fingerprint density at radius 3 is 2.60 bits per heavy atom. The molecule has 0 bridgehead atoms. The van der Waals surface area contributed by atoms with Crippen molar-refractivity contribution in [2.75, 3.05) is 39.6 Å². The van der Waals surface area contributed by atoms with Crippen molar-refractivity contribution in [1.29, 1.82) is 0 Å². The van der Waals surface area contributed by atoms with E-state index in [0.717, 1.165) is 25.7 Å². The van der Waals surface area contributed by atoms with E-state index in [1.165, 1.54) is 23.3 Å². The molecular weight excluding hydrogens is 268 g/mol. The van der Waals surface area contributed by atoms with Gasteiger partial charge in [-0.3, -0.25) is 4.90 Å². The van der Waals surface area contributed by atoms with E-state index in [1.807, 2.05) is 0 Å². The van der Waals surface area contributed by atoms with Crippen molar-refractivity contribution in [3.05, 3.63) is 29.8 Å². The zero-order chi connectivity index (χ0) is 14.4. The Morgan fingerprint density at radius 2 is 2.05 bits per heavy atom. The molecule has 0 amide bonds. The van der Waals surface area contributed by atoms with Crippen molar-refractivity contribution in [2.24, 2.45) is 11.7 Å². The molecule has 0 aliphatic heterocycles. The lowest BCUT2D eigenvalue weighted by atomic mass is 10.1. The highest BCUT2D eigenvalue weighted by Crippen LogP contribution is 2.28. The smallest absolute Gasteiger partial charge is 0.0593 e. The highest BCUT2D eigenvalue weighted by atomic mass is 32.2. The fourth-order valence-corrected chi connectivity index (χ4v) is 2.70. The first-order valence-electron chi connectivity index (χ1n) is 7.36. The van der Waals surface area contributed by atoms with Crippen LogP contribution in [0.25, 0.3) is 0 Å². The summed E-state index contributed by atoms with van der Waals surface area (Å²) in [5.41, 5.74) is 7.24. The number of hydrogen-bond acceptors (Lipinski definition) is 4. The minimum atomic E-state index is 0.274. The predicted molar refractivity (Wildman–Crippen MR) is 86.2 cm³/mol. The summed E-state index contributed by atoms with van der Waals surface area (Å²) in [5, 5.41) is 0. The summed E-state index contributed by atoms with van der Waals surface area (Å²) in [5.74, 6) is 0.838. The minimum Gasteiger partial charge on any atom is -0.380 e. The minimum absolute atomic E-state index is 0.274. The third-order valence-electron chi connectivity index (χ3n) is 3.89. The van der Waals surface area contributed by atoms with Crippen LogP contribution in [0.2, 0.25) is 0 Å². The number of benzene rings is 1. The van der Waals surface area contributed by atoms with Gasteiger partial charge in [-0.15, -0.1) is 11.8 Å². The monoisotopic (exact) mass is 294 g/mol. The second kappa shape index (κ2) is 8.03. The van der Waals surface area contributed by atoms with Crippen LogP contribution < -0.4 is 5.73 Å². The van der Waals surface area contributed by atoms with Crippen molar-refractivity contribution in [2.45, 2.75) is 23.8 Å². The van der Waals surface area contributed by atoms with Gasteiger partial charge in [0, 0.05) is 30.6 Å². The summed E-state index contributed by atoms with van der Waals surface area (Å²) in [6, 6.07) is 8.98. The maximum absolute atomic E-state index is 5.95. The fourth-order valence-electron chi connectivity index (χ4n) is 2.30. The predicted octanol–water partition coefficient (Wildman–Crippen LogP) is 2.77. The van der Waals surface area contributed by atoms with Gasteiger partial charge >= 0.3 is 0 Å². The molecule has 2 N–H and O–H groups in total. The molecule has 1 aromatic rings. The first-order chi connectivity index (χ1) is 9.74. The first-order valence-corrected chi connectivity index (χ1v) is 8.59. The Morgan fingerprint density at radius 1 is 1.35 bits per heavy atom. The van der Waals surface area contributed by atoms with E-state index in [2.05, 4.69) is 42.5 Å². The second-order valence-corrected chi connectivity index (χ2v) is 6.40. The molecule has 4 heteroatoms. The van der Waals surface area contributed by atoms with Crippen molar-refractivity contribution in [3.63, 3.8) is 0 Å². The number of thioether (sulfide) groups is 1. The number of nitrogens with two attached hydrogens (primary N) is 1. The molecule has 3 nitrogen and oxygen atoms in total. The van der Waals surface area contributed by atoms with Gasteiger partial charge in [0.1, 0.15) is 0 Å². The van der Waals surface area contributed by atoms with E-state index in [0.29, 0.717) is 6.54 Å². The van der Waals surface area contributed by atoms with Gasteiger partial charge < -0.3 is 10.5 Å². The highest BCUT2D eigenvalue weighted by Gasteiger charge is 2.21. The first kappa shape index (κ1) is 15.8. The third-order valence-corrected chi connectivity index (χ3v) is 4.64. The molecule has 1 aliphatic rings. The van der Waals surface area contributed by atoms with Gasteiger partial charge in [-0.05, 0) is 49.8 Å². The second-order valence-electron chi connectivity index (χ2n) is 5.52. The topological polar surface area (TPSA) is 38.5 Å². The molecule has 1 fully saturated rings. The molecule has 20 heavy (non-hydrogen) atoms. The van der Waals surface area contributed by atoms with Crippen LogP contribution in [0.5, 0.6) is 0 Å². The molecule has 0 spiro atoms. The summed E-state index contributed by atoms with van der Waals surface area (Å²) in [4.78, 5) is 3.58. The average Bonchev–Trinajstić information content (AvgIpc) is 3.29. The fraction of sp³-hybridized carbons (Fsp3) is 0.625. The molecule has 0 radical (unpaired) electrons. The Balaban J connectivity index is 1.81. The maximum Gasteiger partial charge on any atom is 0.0593 e. The molecule has 1 aliphatic carbocycles. The molecule has 0 heterocycles. The summed E-state index contributed by atoms with van der Waals surface area (Å²) in [6.07, 6.45) is 4.80. The van der Waals surface area contributed by atoms with Crippen molar-refractivity contribution >= 4 is 11.8 Å². The molecule has 1 atom stereocenters. The van der Waals surface area contributed by atoms with E-state index < -0.39 is 0 Å². The van der Waals surface area contributed by atoms with Crippen molar-refractivity contribution < 1.29 is 4.74 Å². The Bertz CT molecular complexity index is 392. The lowest BCUT2D eigenvalue weighted by molar-refractivity contribution is 0.0922. The molecule has 0 aromatic heterocycles. The maximum atomic E-state index is 5.95. The van der Waals surface area contributed by atoms with E-state index >= 15 is 0 Å². The van der Waals surface area contributed by atoms with Crippen LogP contribution in [0.3, 0.4) is 0 Å². The van der Waals surface area contributed by atoms with Gasteiger partial charge in [-0.2, -0.15) is 0 Å². The van der Waals surface area contributed by atoms with Crippen LogP contribution in [0.1, 0.15) is 24.4 Å². The van der Waals surface area contributed by atoms with Gasteiger partial charge in [0.05, 0.1) is 6.61 Å². The lowest BCUT2D eigenvalue weighted by Gasteiger charge is -2.27. The Kier molecular flexibility index (Phi) is 6.36. The van der Waals surface area contributed by atoms with Crippen LogP contribution in [0.4, 0.5) is 0 Å². The molecule has 1 saturated carbocycles. The Hall–Kier alpha value is -0.550. The molecule has 112 valence electrons. The lowest BCUT2D eigenvalue weighted by Crippen LogP contribution is -2.33. The SMILES string of the molecule is CSc1ccc(C(CN)N(C)CCOCC2CC2)cc1. The number of ether oxygens (including phenoxy) is 1. The molecule has 2 rings (SSSR count). The van der Waals surface area contributed by atoms with Gasteiger partial charge in [-0.25, -0.2) is 0 Å². The van der Waals surface area contributed by atoms with Gasteiger partial charge in [0.2, 0.25) is 0 Å². The quantitative estimate of drug-likeness (QED) is 0.561. The summed E-state index contributed by atoms with van der Waals surface area (Å²) in [6.45, 7) is 3.30. The van der Waals surface area contributed by atoms with E-state index in [4.69, 9.17) is 10.5 Å². The zero-order valence-electron chi connectivity index (χ0n) is 12.5. The van der Waals surface area contributed by atoms with Crippen molar-refractivity contribution in [1.82, 2.24) is 4.90 Å². The van der Waals surface area contributed by atoms with Crippen LogP contribution in [0, 0.1) is 5.92 Å². The largest absolute Gasteiger partial charge is 0.380 e. The van der Waals surface area contributed by atoms with Gasteiger partial charge in [0.15, 0.2) is 0 Å². The molecule has 0 saturated heterocycles. The summed E-state index contributed by atoms with van der Waals surface area (Å²) >= 11 is 1.77. The normalized spacial score (nSPS) is 16.6. The molecular formula is C16H26N2OS. The zero-order valence-corrected chi connectivity index (χ0v) is 13.4. The standard InChI is InChI=1S/C16H26N2OS/c1-18(9-10-19-12-13-3-4-13)16(11-17)14-5-7-15(20-2)8-6-14/h5-8,13,16H,3-4,9-12,17H2,1-2H3. The van der Waals surface area contributed by atoms with E-state index in [9.17, 15) is 0 Å².